The predicted octanol–water partition coefficient (Wildman–Crippen LogP) is 2.82. The molecule has 0 spiro atoms. The van der Waals surface area contributed by atoms with Crippen LogP contribution in [0.4, 0.5) is 0 Å². The molecule has 0 saturated heterocycles. The van der Waals surface area contributed by atoms with Crippen molar-refractivity contribution >= 4 is 0 Å². The van der Waals surface area contributed by atoms with Crippen LogP contribution in [0.5, 0.6) is 0 Å². The van der Waals surface area contributed by atoms with Gasteiger partial charge in [0.05, 0.1) is 5.69 Å². The molecule has 0 N–H and O–H groups in total. The topological polar surface area (TPSA) is 44.8 Å². The zero-order valence-electron chi connectivity index (χ0n) is 11.3. The van der Waals surface area contributed by atoms with E-state index >= 15 is 0 Å². The van der Waals surface area contributed by atoms with Crippen molar-refractivity contribution in [1.29, 1.82) is 0 Å². The van der Waals surface area contributed by atoms with Gasteiger partial charge < -0.3 is 9.97 Å². The van der Waals surface area contributed by atoms with E-state index in [0.717, 1.165) is 28.6 Å². The van der Waals surface area contributed by atoms with Crippen molar-refractivity contribution in [2.24, 2.45) is 0 Å². The lowest BCUT2D eigenvalue weighted by Crippen LogP contribution is -1.99. The summed E-state index contributed by atoms with van der Waals surface area (Å²) in [6.07, 6.45) is 1.76. The van der Waals surface area contributed by atoms with Crippen LogP contribution in [-0.2, 0) is 0 Å². The van der Waals surface area contributed by atoms with Crippen LogP contribution in [-0.4, -0.2) is 14.8 Å². The van der Waals surface area contributed by atoms with Gasteiger partial charge >= 0.3 is 0 Å². The van der Waals surface area contributed by atoms with E-state index in [1.807, 2.05) is 36.7 Å². The Balaban J connectivity index is 2.02. The number of benzene rings is 1. The Kier molecular flexibility index (Phi) is 2.71. The van der Waals surface area contributed by atoms with Gasteiger partial charge in [0, 0.05) is 11.5 Å². The number of aryl methyl sites for hydroxylation is 3. The number of nitrogens with zero attached hydrogens (tertiary/aromatic N) is 4. The molecule has 0 fully saturated rings. The fourth-order valence-corrected chi connectivity index (χ4v) is 2.17. The predicted molar refractivity (Wildman–Crippen MR) is 74.3 cm³/mol. The van der Waals surface area contributed by atoms with Gasteiger partial charge in [0.25, 0.3) is 0 Å². The van der Waals surface area contributed by atoms with E-state index < -0.39 is 0 Å². The van der Waals surface area contributed by atoms with Crippen molar-refractivity contribution in [3.8, 4) is 17.2 Å². The van der Waals surface area contributed by atoms with Gasteiger partial charge in [-0.2, -0.15) is 5.10 Å². The van der Waals surface area contributed by atoms with Crippen LogP contribution >= 0.6 is 0 Å². The van der Waals surface area contributed by atoms with E-state index in [4.69, 9.17) is 0 Å². The van der Waals surface area contributed by atoms with Crippen molar-refractivity contribution < 1.29 is 0 Å². The SMILES string of the molecule is Cc1cccc(-c2nc(-n3nc(C)cc3C)c[n-]2)c1. The van der Waals surface area contributed by atoms with Crippen LogP contribution in [0.1, 0.15) is 17.0 Å². The van der Waals surface area contributed by atoms with Gasteiger partial charge in [-0.1, -0.05) is 41.9 Å². The van der Waals surface area contributed by atoms with E-state index in [1.54, 1.807) is 6.20 Å². The average Bonchev–Trinajstić information content (AvgIpc) is 2.96. The molecule has 0 aliphatic carbocycles. The van der Waals surface area contributed by atoms with E-state index in [2.05, 4.69) is 34.1 Å². The lowest BCUT2D eigenvalue weighted by Gasteiger charge is -2.07. The van der Waals surface area contributed by atoms with Gasteiger partial charge in [0.2, 0.25) is 0 Å². The Bertz CT molecular complexity index is 721. The second-order valence-electron chi connectivity index (χ2n) is 4.76. The molecule has 0 atom stereocenters. The molecule has 4 nitrogen and oxygen atoms in total. The van der Waals surface area contributed by atoms with Gasteiger partial charge in [-0.3, -0.25) is 0 Å². The summed E-state index contributed by atoms with van der Waals surface area (Å²) in [7, 11) is 0. The van der Waals surface area contributed by atoms with Crippen molar-refractivity contribution in [2.45, 2.75) is 20.8 Å². The molecule has 4 heteroatoms. The summed E-state index contributed by atoms with van der Waals surface area (Å²) in [5, 5.41) is 4.42. The zero-order valence-corrected chi connectivity index (χ0v) is 11.3. The molecule has 0 aliphatic rings. The second kappa shape index (κ2) is 4.39. The van der Waals surface area contributed by atoms with Crippen LogP contribution in [0.3, 0.4) is 0 Å². The Morgan fingerprint density at radius 3 is 2.63 bits per heavy atom. The summed E-state index contributed by atoms with van der Waals surface area (Å²) in [6.45, 7) is 6.05. The first-order chi connectivity index (χ1) is 9.13. The van der Waals surface area contributed by atoms with E-state index in [1.165, 1.54) is 5.56 Å². The van der Waals surface area contributed by atoms with Gasteiger partial charge in [0.15, 0.2) is 0 Å². The summed E-state index contributed by atoms with van der Waals surface area (Å²) in [5.41, 5.74) is 4.29. The molecule has 0 amide bonds. The van der Waals surface area contributed by atoms with E-state index in [9.17, 15) is 0 Å². The fraction of sp³-hybridized carbons (Fsp3) is 0.200. The maximum atomic E-state index is 4.56. The highest BCUT2D eigenvalue weighted by Gasteiger charge is 2.02. The summed E-state index contributed by atoms with van der Waals surface area (Å²) in [5.74, 6) is 1.51. The summed E-state index contributed by atoms with van der Waals surface area (Å²) in [4.78, 5) is 8.94. The standard InChI is InChI=1S/C15H15N4/c1-10-5-4-6-13(7-10)15-16-9-14(17-15)19-12(3)8-11(2)18-19/h4-9H,1-3H3/q-1. The molecule has 3 rings (SSSR count). The molecule has 0 bridgehead atoms. The monoisotopic (exact) mass is 251 g/mol. The fourth-order valence-electron chi connectivity index (χ4n) is 2.17. The molecule has 2 aromatic heterocycles. The zero-order chi connectivity index (χ0) is 13.4. The highest BCUT2D eigenvalue weighted by Crippen LogP contribution is 2.18. The average molecular weight is 251 g/mol. The van der Waals surface area contributed by atoms with Crippen molar-refractivity contribution in [3.63, 3.8) is 0 Å². The van der Waals surface area contributed by atoms with Crippen LogP contribution in [0, 0.1) is 20.8 Å². The van der Waals surface area contributed by atoms with Crippen LogP contribution in [0.15, 0.2) is 36.5 Å². The summed E-state index contributed by atoms with van der Waals surface area (Å²) >= 11 is 0. The number of aromatic nitrogens is 4. The van der Waals surface area contributed by atoms with Crippen LogP contribution in [0.25, 0.3) is 17.2 Å². The summed E-state index contributed by atoms with van der Waals surface area (Å²) in [6, 6.07) is 10.2. The maximum Gasteiger partial charge on any atom is 0.0600 e. The van der Waals surface area contributed by atoms with Gasteiger partial charge in [-0.15, -0.1) is 0 Å². The lowest BCUT2D eigenvalue weighted by atomic mass is 10.1. The minimum Gasteiger partial charge on any atom is -0.441 e. The molecule has 0 saturated carbocycles. The molecule has 19 heavy (non-hydrogen) atoms. The largest absolute Gasteiger partial charge is 0.441 e. The smallest absolute Gasteiger partial charge is 0.0600 e. The van der Waals surface area contributed by atoms with Crippen LogP contribution < -0.4 is 4.98 Å². The highest BCUT2D eigenvalue weighted by molar-refractivity contribution is 5.57. The van der Waals surface area contributed by atoms with E-state index in [0.29, 0.717) is 0 Å². The molecule has 3 aromatic rings. The Morgan fingerprint density at radius 2 is 1.95 bits per heavy atom. The Hall–Kier alpha value is -2.36. The maximum absolute atomic E-state index is 4.56. The van der Waals surface area contributed by atoms with Gasteiger partial charge in [-0.05, 0) is 32.4 Å². The minimum absolute atomic E-state index is 0.742. The quantitative estimate of drug-likeness (QED) is 0.703. The normalized spacial score (nSPS) is 10.9. The lowest BCUT2D eigenvalue weighted by molar-refractivity contribution is 0.812. The minimum atomic E-state index is 0.742. The molecule has 0 unspecified atom stereocenters. The molecular weight excluding hydrogens is 236 g/mol. The van der Waals surface area contributed by atoms with Crippen molar-refractivity contribution in [2.75, 3.05) is 0 Å². The third-order valence-electron chi connectivity index (χ3n) is 3.03. The number of hydrogen-bond acceptors (Lipinski definition) is 2. The van der Waals surface area contributed by atoms with Gasteiger partial charge in [-0.25, -0.2) is 4.68 Å². The molecule has 96 valence electrons. The number of imidazole rings is 1. The third-order valence-corrected chi connectivity index (χ3v) is 3.03. The molecule has 0 radical (unpaired) electrons. The molecule has 0 aliphatic heterocycles. The molecule has 2 heterocycles. The first-order valence-electron chi connectivity index (χ1n) is 6.24. The molecule has 1 aromatic carbocycles. The molecular formula is C15H15N4-. The van der Waals surface area contributed by atoms with Gasteiger partial charge in [0.1, 0.15) is 0 Å². The Labute approximate surface area is 112 Å². The highest BCUT2D eigenvalue weighted by atomic mass is 15.3. The van der Waals surface area contributed by atoms with Crippen molar-refractivity contribution in [1.82, 2.24) is 19.7 Å². The third kappa shape index (κ3) is 2.17. The number of rotatable bonds is 2. The first-order valence-corrected chi connectivity index (χ1v) is 6.24. The summed E-state index contributed by atoms with van der Waals surface area (Å²) < 4.78 is 1.82. The second-order valence-corrected chi connectivity index (χ2v) is 4.76. The number of hydrogen-bond donors (Lipinski definition) is 0. The van der Waals surface area contributed by atoms with E-state index in [-0.39, 0.29) is 0 Å². The Morgan fingerprint density at radius 1 is 1.11 bits per heavy atom. The van der Waals surface area contributed by atoms with Crippen molar-refractivity contribution in [3.05, 3.63) is 53.5 Å². The first kappa shape index (κ1) is 11.7. The van der Waals surface area contributed by atoms with Crippen LogP contribution in [0.2, 0.25) is 0 Å².